The topological polar surface area (TPSA) is 81.0 Å². The molecule has 1 saturated carbocycles. The number of rotatable bonds is 6. The highest BCUT2D eigenvalue weighted by molar-refractivity contribution is 6.30. The Bertz CT molecular complexity index is 1040. The van der Waals surface area contributed by atoms with Crippen molar-refractivity contribution in [3.8, 4) is 11.8 Å². The fraction of sp³-hybridized carbons (Fsp3) is 0.400. The van der Waals surface area contributed by atoms with E-state index in [0.717, 1.165) is 24.5 Å². The van der Waals surface area contributed by atoms with Crippen LogP contribution in [0.4, 0.5) is 11.8 Å². The van der Waals surface area contributed by atoms with E-state index in [2.05, 4.69) is 30.3 Å². The van der Waals surface area contributed by atoms with Gasteiger partial charge in [-0.1, -0.05) is 17.7 Å². The van der Waals surface area contributed by atoms with Gasteiger partial charge in [0.15, 0.2) is 0 Å². The van der Waals surface area contributed by atoms with Crippen molar-refractivity contribution in [3.05, 3.63) is 47.4 Å². The minimum atomic E-state index is 0.303. The van der Waals surface area contributed by atoms with E-state index in [-0.39, 0.29) is 0 Å². The number of aryl methyl sites for hydroxylation is 2. The van der Waals surface area contributed by atoms with Crippen molar-refractivity contribution in [1.29, 1.82) is 0 Å². The van der Waals surface area contributed by atoms with Crippen LogP contribution in [0.15, 0.2) is 36.7 Å². The van der Waals surface area contributed by atoms with Crippen molar-refractivity contribution in [2.45, 2.75) is 38.9 Å². The highest BCUT2D eigenvalue weighted by atomic mass is 35.5. The van der Waals surface area contributed by atoms with Gasteiger partial charge in [-0.3, -0.25) is 0 Å². The number of anilines is 2. The monoisotopic (exact) mass is 411 g/mol. The number of nitrogens with one attached hydrogen (secondary N) is 1. The summed E-state index contributed by atoms with van der Waals surface area (Å²) in [6.07, 6.45) is 2.79. The summed E-state index contributed by atoms with van der Waals surface area (Å²) in [6, 6.07) is 10.4. The molecule has 0 radical (unpaired) electrons. The van der Waals surface area contributed by atoms with Gasteiger partial charge in [-0.25, -0.2) is 14.6 Å². The van der Waals surface area contributed by atoms with Crippen molar-refractivity contribution in [3.63, 3.8) is 0 Å². The first-order chi connectivity index (χ1) is 14.1. The molecule has 0 amide bonds. The molecule has 150 valence electrons. The summed E-state index contributed by atoms with van der Waals surface area (Å²) in [5.74, 6) is 2.77. The van der Waals surface area contributed by atoms with E-state index in [1.54, 1.807) is 17.1 Å². The predicted octanol–water partition coefficient (Wildman–Crippen LogP) is 3.53. The lowest BCUT2D eigenvalue weighted by atomic mass is 9.80. The van der Waals surface area contributed by atoms with Gasteiger partial charge in [-0.15, -0.1) is 5.10 Å². The average molecular weight is 412 g/mol. The molecule has 29 heavy (non-hydrogen) atoms. The molecule has 9 heteroatoms. The summed E-state index contributed by atoms with van der Waals surface area (Å²) in [4.78, 5) is 15.6. The van der Waals surface area contributed by atoms with E-state index in [1.165, 1.54) is 0 Å². The van der Waals surface area contributed by atoms with Crippen LogP contribution < -0.4 is 15.0 Å². The zero-order valence-corrected chi connectivity index (χ0v) is 17.0. The van der Waals surface area contributed by atoms with Gasteiger partial charge in [0.2, 0.25) is 5.95 Å². The van der Waals surface area contributed by atoms with Gasteiger partial charge in [0.05, 0.1) is 12.1 Å². The largest absolute Gasteiger partial charge is 0.424 e. The number of ether oxygens (including phenoxy) is 1. The highest BCUT2D eigenvalue weighted by Crippen LogP contribution is 2.44. The molecule has 2 aromatic heterocycles. The Morgan fingerprint density at radius 3 is 2.97 bits per heavy atom. The molecule has 1 N–H and O–H groups in total. The van der Waals surface area contributed by atoms with Crippen LogP contribution in [0.1, 0.15) is 19.0 Å². The lowest BCUT2D eigenvalue weighted by molar-refractivity contribution is 0.332. The number of aromatic nitrogens is 5. The molecule has 0 spiro atoms. The van der Waals surface area contributed by atoms with Crippen LogP contribution in [-0.2, 0) is 6.54 Å². The minimum Gasteiger partial charge on any atom is -0.424 e. The molecule has 8 nitrogen and oxygen atoms in total. The number of nitrogens with zero attached hydrogens (tertiary/aromatic N) is 6. The molecule has 3 atom stereocenters. The second-order valence-electron chi connectivity index (χ2n) is 7.50. The zero-order chi connectivity index (χ0) is 20.0. The Hall–Kier alpha value is -2.87. The van der Waals surface area contributed by atoms with Crippen LogP contribution >= 0.6 is 11.6 Å². The Kier molecular flexibility index (Phi) is 4.50. The maximum Gasteiger partial charge on any atom is 0.322 e. The van der Waals surface area contributed by atoms with Crippen LogP contribution in [0, 0.1) is 12.8 Å². The van der Waals surface area contributed by atoms with E-state index in [4.69, 9.17) is 16.3 Å². The van der Waals surface area contributed by atoms with E-state index >= 15 is 0 Å². The highest BCUT2D eigenvalue weighted by Gasteiger charge is 2.53. The standard InChI is InChI=1S/C20H22ClN7O/c1-3-28-20(29-15-6-4-5-14(21)9-15)25-19(26-28)24-18-13-8-16(18)27(10-13)17-7-12(2)22-11-23-17/h4-7,9,11,13,16,18H,3,8,10H2,1-2H3,(H,24,26). The van der Waals surface area contributed by atoms with E-state index in [1.807, 2.05) is 38.1 Å². The Morgan fingerprint density at radius 1 is 1.28 bits per heavy atom. The molecule has 2 aliphatic heterocycles. The van der Waals surface area contributed by atoms with E-state index < -0.39 is 0 Å². The summed E-state index contributed by atoms with van der Waals surface area (Å²) < 4.78 is 7.65. The number of halogens is 1. The van der Waals surface area contributed by atoms with Gasteiger partial charge in [0.1, 0.15) is 17.9 Å². The lowest BCUT2D eigenvalue weighted by Crippen LogP contribution is -2.49. The van der Waals surface area contributed by atoms with E-state index in [0.29, 0.717) is 47.3 Å². The van der Waals surface area contributed by atoms with Crippen LogP contribution in [0.3, 0.4) is 0 Å². The quantitative estimate of drug-likeness (QED) is 0.664. The van der Waals surface area contributed by atoms with Gasteiger partial charge in [-0.05, 0) is 38.5 Å². The van der Waals surface area contributed by atoms with Crippen molar-refractivity contribution >= 4 is 23.4 Å². The van der Waals surface area contributed by atoms with Crippen molar-refractivity contribution in [2.24, 2.45) is 5.92 Å². The molecule has 3 unspecified atom stereocenters. The molecule has 6 rings (SSSR count). The predicted molar refractivity (Wildman–Crippen MR) is 111 cm³/mol. The smallest absolute Gasteiger partial charge is 0.322 e. The average Bonchev–Trinajstić information content (AvgIpc) is 3.39. The maximum atomic E-state index is 6.05. The number of benzene rings is 1. The number of fused-ring (bicyclic) bond motifs is 1. The zero-order valence-electron chi connectivity index (χ0n) is 16.3. The van der Waals surface area contributed by atoms with Crippen LogP contribution in [0.25, 0.3) is 0 Å². The molecule has 3 aliphatic rings. The van der Waals surface area contributed by atoms with Crippen LogP contribution in [0.2, 0.25) is 5.02 Å². The Morgan fingerprint density at radius 2 is 2.17 bits per heavy atom. The van der Waals surface area contributed by atoms with Crippen molar-refractivity contribution in [1.82, 2.24) is 24.7 Å². The Balaban J connectivity index is 1.31. The van der Waals surface area contributed by atoms with Gasteiger partial charge < -0.3 is 15.0 Å². The van der Waals surface area contributed by atoms with Crippen LogP contribution in [-0.4, -0.2) is 43.4 Å². The molecular formula is C20H22ClN7O. The normalized spacial score (nSPS) is 22.4. The fourth-order valence-electron chi connectivity index (χ4n) is 4.15. The molecule has 4 heterocycles. The molecule has 3 aromatic rings. The number of hydrogen-bond acceptors (Lipinski definition) is 7. The van der Waals surface area contributed by atoms with Crippen LogP contribution in [0.5, 0.6) is 11.8 Å². The van der Waals surface area contributed by atoms with Gasteiger partial charge in [0.25, 0.3) is 0 Å². The number of hydrogen-bond donors (Lipinski definition) is 1. The van der Waals surface area contributed by atoms with Crippen molar-refractivity contribution < 1.29 is 4.74 Å². The SMILES string of the molecule is CCn1nc(NC2C3CC2N(c2cc(C)ncn2)C3)nc1Oc1cccc(Cl)c1. The van der Waals surface area contributed by atoms with Gasteiger partial charge >= 0.3 is 6.01 Å². The summed E-state index contributed by atoms with van der Waals surface area (Å²) in [5.41, 5.74) is 0.981. The molecule has 3 fully saturated rings. The molecule has 1 aromatic carbocycles. The summed E-state index contributed by atoms with van der Waals surface area (Å²) in [6.45, 7) is 5.65. The summed E-state index contributed by atoms with van der Waals surface area (Å²) in [7, 11) is 0. The third kappa shape index (κ3) is 3.37. The molecule has 2 bridgehead atoms. The fourth-order valence-corrected chi connectivity index (χ4v) is 4.33. The second kappa shape index (κ2) is 7.18. The first-order valence-electron chi connectivity index (χ1n) is 9.81. The summed E-state index contributed by atoms with van der Waals surface area (Å²) >= 11 is 6.05. The van der Waals surface area contributed by atoms with E-state index in [9.17, 15) is 0 Å². The molecule has 2 saturated heterocycles. The lowest BCUT2D eigenvalue weighted by Gasteiger charge is -2.36. The minimum absolute atomic E-state index is 0.303. The van der Waals surface area contributed by atoms with Gasteiger partial charge in [0, 0.05) is 35.8 Å². The maximum absolute atomic E-state index is 6.05. The first-order valence-corrected chi connectivity index (χ1v) is 10.2. The second-order valence-corrected chi connectivity index (χ2v) is 7.93. The van der Waals surface area contributed by atoms with Crippen molar-refractivity contribution in [2.75, 3.05) is 16.8 Å². The Labute approximate surface area is 173 Å². The first kappa shape index (κ1) is 18.2. The summed E-state index contributed by atoms with van der Waals surface area (Å²) in [5, 5.41) is 8.70. The third-order valence-corrected chi connectivity index (χ3v) is 5.86. The third-order valence-electron chi connectivity index (χ3n) is 5.62. The van der Waals surface area contributed by atoms with Gasteiger partial charge in [-0.2, -0.15) is 4.98 Å². The molecular weight excluding hydrogens is 390 g/mol. The molecule has 1 aliphatic carbocycles.